The molecule has 0 saturated carbocycles. The highest BCUT2D eigenvalue weighted by Crippen LogP contribution is 2.23. The molecule has 1 atom stereocenters. The van der Waals surface area contributed by atoms with Crippen molar-refractivity contribution in [2.45, 2.75) is 58.4 Å². The second-order valence-electron chi connectivity index (χ2n) is 8.87. The van der Waals surface area contributed by atoms with Gasteiger partial charge in [-0.3, -0.25) is 4.79 Å². The second kappa shape index (κ2) is 9.45. The predicted molar refractivity (Wildman–Crippen MR) is 122 cm³/mol. The van der Waals surface area contributed by atoms with Gasteiger partial charge in [-0.25, -0.2) is 0 Å². The van der Waals surface area contributed by atoms with Crippen molar-refractivity contribution in [2.24, 2.45) is 5.92 Å². The topological polar surface area (TPSA) is 75.4 Å². The van der Waals surface area contributed by atoms with Crippen molar-refractivity contribution >= 4 is 17.4 Å². The summed E-state index contributed by atoms with van der Waals surface area (Å²) in [5.74, 6) is 2.31. The van der Waals surface area contributed by atoms with E-state index in [0.717, 1.165) is 56.1 Å². The van der Waals surface area contributed by atoms with Crippen LogP contribution in [-0.2, 0) is 11.2 Å². The Kier molecular flexibility index (Phi) is 6.49. The molecule has 1 amide bonds. The smallest absolute Gasteiger partial charge is 0.223 e. The van der Waals surface area contributed by atoms with Crippen molar-refractivity contribution in [3.05, 3.63) is 53.9 Å². The first-order chi connectivity index (χ1) is 15.0. The molecule has 1 fully saturated rings. The number of hydrogen-bond donors (Lipinski definition) is 1. The molecule has 7 heteroatoms. The van der Waals surface area contributed by atoms with E-state index in [1.54, 1.807) is 0 Å². The van der Waals surface area contributed by atoms with Gasteiger partial charge in [0, 0.05) is 31.0 Å². The first kappa shape index (κ1) is 21.3. The fraction of sp³-hybridized carbons (Fsp3) is 0.500. The van der Waals surface area contributed by atoms with Crippen molar-refractivity contribution in [2.75, 3.05) is 18.0 Å². The van der Waals surface area contributed by atoms with Gasteiger partial charge in [-0.1, -0.05) is 44.2 Å². The largest absolute Gasteiger partial charge is 0.355 e. The number of amides is 1. The Morgan fingerprint density at radius 2 is 1.81 bits per heavy atom. The number of fused-ring (bicyclic) bond motifs is 1. The highest BCUT2D eigenvalue weighted by Gasteiger charge is 2.26. The van der Waals surface area contributed by atoms with Crippen molar-refractivity contribution in [3.63, 3.8) is 0 Å². The number of anilines is 1. The summed E-state index contributed by atoms with van der Waals surface area (Å²) in [5.41, 5.74) is 2.08. The number of carbonyl (C=O) groups is 1. The normalized spacial score (nSPS) is 16.1. The summed E-state index contributed by atoms with van der Waals surface area (Å²) in [7, 11) is 0. The van der Waals surface area contributed by atoms with Gasteiger partial charge in [0.25, 0.3) is 0 Å². The number of carbonyl (C=O) groups excluding carboxylic acids is 1. The molecule has 0 unspecified atom stereocenters. The van der Waals surface area contributed by atoms with Crippen LogP contribution in [0.5, 0.6) is 0 Å². The minimum absolute atomic E-state index is 0.0697. The molecule has 3 heterocycles. The molecule has 1 N–H and O–H groups in total. The van der Waals surface area contributed by atoms with Crippen LogP contribution in [0.25, 0.3) is 5.65 Å². The number of aryl methyl sites for hydroxylation is 1. The number of nitrogens with one attached hydrogen (secondary N) is 1. The Hall–Kier alpha value is -2.96. The Morgan fingerprint density at radius 1 is 1.06 bits per heavy atom. The van der Waals surface area contributed by atoms with E-state index in [4.69, 9.17) is 5.10 Å². The fourth-order valence-corrected chi connectivity index (χ4v) is 4.16. The van der Waals surface area contributed by atoms with E-state index in [2.05, 4.69) is 65.5 Å². The van der Waals surface area contributed by atoms with E-state index in [-0.39, 0.29) is 23.8 Å². The van der Waals surface area contributed by atoms with Crippen molar-refractivity contribution in [1.82, 2.24) is 25.1 Å². The number of rotatable bonds is 7. The number of piperidine rings is 1. The molecule has 4 rings (SSSR count). The third kappa shape index (κ3) is 5.03. The minimum Gasteiger partial charge on any atom is -0.355 e. The number of aromatic nitrogens is 4. The van der Waals surface area contributed by atoms with E-state index in [1.807, 2.05) is 22.7 Å². The van der Waals surface area contributed by atoms with E-state index in [1.165, 1.54) is 5.56 Å². The molecule has 0 aliphatic carbocycles. The third-order valence-electron chi connectivity index (χ3n) is 6.08. The van der Waals surface area contributed by atoms with E-state index in [0.29, 0.717) is 0 Å². The highest BCUT2D eigenvalue weighted by molar-refractivity contribution is 5.79. The lowest BCUT2D eigenvalue weighted by Gasteiger charge is -2.32. The summed E-state index contributed by atoms with van der Waals surface area (Å²) < 4.78 is 1.84. The lowest BCUT2D eigenvalue weighted by molar-refractivity contribution is -0.126. The maximum absolute atomic E-state index is 12.8. The standard InChI is InChI=1S/C24H32N6O/c1-17(2)23-27-26-21-11-12-22(28-30(21)23)29-15-13-20(14-16-29)24(31)25-18(3)9-10-19-7-5-4-6-8-19/h4-8,11-12,17-18,20H,9-10,13-16H2,1-3H3,(H,25,31)/t18-/m0/s1. The molecule has 1 aromatic carbocycles. The van der Waals surface area contributed by atoms with Crippen LogP contribution in [0, 0.1) is 5.92 Å². The van der Waals surface area contributed by atoms with Gasteiger partial charge in [-0.2, -0.15) is 4.52 Å². The Labute approximate surface area is 183 Å². The van der Waals surface area contributed by atoms with Gasteiger partial charge in [-0.15, -0.1) is 15.3 Å². The summed E-state index contributed by atoms with van der Waals surface area (Å²) >= 11 is 0. The van der Waals surface area contributed by atoms with Crippen LogP contribution in [-0.4, -0.2) is 44.8 Å². The van der Waals surface area contributed by atoms with Crippen LogP contribution in [0.15, 0.2) is 42.5 Å². The zero-order valence-electron chi connectivity index (χ0n) is 18.7. The number of hydrogen-bond acceptors (Lipinski definition) is 5. The molecular weight excluding hydrogens is 388 g/mol. The van der Waals surface area contributed by atoms with Gasteiger partial charge in [0.1, 0.15) is 5.82 Å². The molecule has 1 saturated heterocycles. The molecule has 2 aromatic heterocycles. The summed E-state index contributed by atoms with van der Waals surface area (Å²) in [6, 6.07) is 14.6. The Morgan fingerprint density at radius 3 is 2.52 bits per heavy atom. The van der Waals surface area contributed by atoms with Crippen molar-refractivity contribution < 1.29 is 4.79 Å². The first-order valence-electron chi connectivity index (χ1n) is 11.3. The van der Waals surface area contributed by atoms with Crippen molar-refractivity contribution in [3.8, 4) is 0 Å². The highest BCUT2D eigenvalue weighted by atomic mass is 16.1. The summed E-state index contributed by atoms with van der Waals surface area (Å²) in [5, 5.41) is 16.4. The third-order valence-corrected chi connectivity index (χ3v) is 6.08. The lowest BCUT2D eigenvalue weighted by Crippen LogP contribution is -2.43. The summed E-state index contributed by atoms with van der Waals surface area (Å²) in [6.07, 6.45) is 3.62. The number of nitrogens with zero attached hydrogens (tertiary/aromatic N) is 5. The van der Waals surface area contributed by atoms with Crippen LogP contribution in [0.4, 0.5) is 5.82 Å². The van der Waals surface area contributed by atoms with Crippen LogP contribution >= 0.6 is 0 Å². The van der Waals surface area contributed by atoms with Gasteiger partial charge >= 0.3 is 0 Å². The molecule has 0 bridgehead atoms. The molecule has 7 nitrogen and oxygen atoms in total. The van der Waals surface area contributed by atoms with Crippen LogP contribution in [0.3, 0.4) is 0 Å². The molecule has 3 aromatic rings. The molecule has 0 spiro atoms. The summed E-state index contributed by atoms with van der Waals surface area (Å²) in [6.45, 7) is 7.94. The first-order valence-corrected chi connectivity index (χ1v) is 11.3. The maximum Gasteiger partial charge on any atom is 0.223 e. The predicted octanol–water partition coefficient (Wildman–Crippen LogP) is 3.60. The van der Waals surface area contributed by atoms with E-state index in [9.17, 15) is 4.79 Å². The zero-order valence-corrected chi connectivity index (χ0v) is 18.7. The number of benzene rings is 1. The monoisotopic (exact) mass is 420 g/mol. The van der Waals surface area contributed by atoms with Crippen LogP contribution in [0.2, 0.25) is 0 Å². The van der Waals surface area contributed by atoms with Gasteiger partial charge in [0.05, 0.1) is 0 Å². The Balaban J connectivity index is 1.29. The molecule has 164 valence electrons. The van der Waals surface area contributed by atoms with Crippen LogP contribution < -0.4 is 10.2 Å². The fourth-order valence-electron chi connectivity index (χ4n) is 4.16. The molecule has 1 aliphatic heterocycles. The summed E-state index contributed by atoms with van der Waals surface area (Å²) in [4.78, 5) is 15.0. The molecule has 1 aliphatic rings. The van der Waals surface area contributed by atoms with Crippen LogP contribution in [0.1, 0.15) is 57.3 Å². The minimum atomic E-state index is 0.0697. The molecule has 0 radical (unpaired) electrons. The average molecular weight is 421 g/mol. The maximum atomic E-state index is 12.8. The van der Waals surface area contributed by atoms with E-state index >= 15 is 0 Å². The quantitative estimate of drug-likeness (QED) is 0.632. The van der Waals surface area contributed by atoms with Gasteiger partial charge in [-0.05, 0) is 50.3 Å². The van der Waals surface area contributed by atoms with Gasteiger partial charge < -0.3 is 10.2 Å². The molecule has 31 heavy (non-hydrogen) atoms. The van der Waals surface area contributed by atoms with E-state index < -0.39 is 0 Å². The van der Waals surface area contributed by atoms with Gasteiger partial charge in [0.15, 0.2) is 11.5 Å². The SMILES string of the molecule is CC(C)c1nnc2ccc(N3CCC(C(=O)N[C@@H](C)CCc4ccccc4)CC3)nn12. The van der Waals surface area contributed by atoms with Gasteiger partial charge in [0.2, 0.25) is 5.91 Å². The second-order valence-corrected chi connectivity index (χ2v) is 8.87. The lowest BCUT2D eigenvalue weighted by atomic mass is 9.95. The molecular formula is C24H32N6O. The zero-order chi connectivity index (χ0) is 21.8. The van der Waals surface area contributed by atoms with Crippen molar-refractivity contribution in [1.29, 1.82) is 0 Å². The average Bonchev–Trinajstić information content (AvgIpc) is 3.22. The Bertz CT molecular complexity index is 1010.